The number of anilines is 2. The van der Waals surface area contributed by atoms with E-state index in [4.69, 9.17) is 15.9 Å². The van der Waals surface area contributed by atoms with Gasteiger partial charge in [0, 0.05) is 36.8 Å². The number of halogens is 8. The summed E-state index contributed by atoms with van der Waals surface area (Å²) < 4.78 is 170. The quantitative estimate of drug-likeness (QED) is 0.0608. The molecule has 7 N–H and O–H groups in total. The molecule has 1 amide bonds. The van der Waals surface area contributed by atoms with Crippen LogP contribution in [0.3, 0.4) is 0 Å². The number of hydrogen-bond donors (Lipinski definition) is 5. The van der Waals surface area contributed by atoms with E-state index in [1.807, 2.05) is 0 Å². The molecule has 0 fully saturated rings. The second kappa shape index (κ2) is 22.0. The number of ketones is 1. The fourth-order valence-electron chi connectivity index (χ4n) is 8.71. The van der Waals surface area contributed by atoms with Gasteiger partial charge >= 0.3 is 12.4 Å². The highest BCUT2D eigenvalue weighted by molar-refractivity contribution is 7.93. The molecule has 2 unspecified atom stereocenters. The van der Waals surface area contributed by atoms with Crippen LogP contribution in [0.4, 0.5) is 46.5 Å². The molecule has 2 aliphatic rings. The number of hydrogen-bond acceptors (Lipinski definition) is 13. The monoisotopic (exact) mass is 1130 g/mol. The van der Waals surface area contributed by atoms with Gasteiger partial charge in [0.1, 0.15) is 11.6 Å². The van der Waals surface area contributed by atoms with Crippen molar-refractivity contribution < 1.29 is 76.2 Å². The molecule has 77 heavy (non-hydrogen) atoms. The van der Waals surface area contributed by atoms with Crippen molar-refractivity contribution >= 4 is 43.1 Å². The molecule has 1 aromatic heterocycles. The predicted molar refractivity (Wildman–Crippen MR) is 266 cm³/mol. The van der Waals surface area contributed by atoms with Crippen LogP contribution in [-0.2, 0) is 66.5 Å². The van der Waals surface area contributed by atoms with Crippen molar-refractivity contribution in [1.82, 2.24) is 15.5 Å². The molecule has 420 valence electrons. The number of Topliss-reactive ketones (excluding diaryl/α,β-unsaturated/α-hetero) is 1. The lowest BCUT2D eigenvalue weighted by molar-refractivity contribution is -0.259. The van der Waals surface area contributed by atoms with Gasteiger partial charge in [0.25, 0.3) is 20.0 Å². The molecule has 0 saturated heterocycles. The van der Waals surface area contributed by atoms with Gasteiger partial charge in [-0.2, -0.15) is 26.3 Å². The maximum atomic E-state index is 13.8. The van der Waals surface area contributed by atoms with Gasteiger partial charge < -0.3 is 31.4 Å². The van der Waals surface area contributed by atoms with E-state index < -0.39 is 101 Å². The third kappa shape index (κ3) is 14.0. The number of nitrogens with one attached hydrogen (secondary N) is 1. The normalized spacial score (nSPS) is 18.0. The topological polar surface area (TPSA) is 252 Å². The molecule has 0 bridgehead atoms. The van der Waals surface area contributed by atoms with E-state index in [9.17, 15) is 71.8 Å². The van der Waals surface area contributed by atoms with Crippen molar-refractivity contribution in [2.45, 2.75) is 149 Å². The summed E-state index contributed by atoms with van der Waals surface area (Å²) in [5.41, 5.74) is 3.96. The zero-order chi connectivity index (χ0) is 57.5. The maximum Gasteiger partial charge on any atom is 0.421 e. The second-order valence-corrected chi connectivity index (χ2v) is 24.5. The lowest BCUT2D eigenvalue weighted by Crippen LogP contribution is -2.46. The number of rotatable bonds is 16. The van der Waals surface area contributed by atoms with Crippen molar-refractivity contribution in [2.75, 3.05) is 15.2 Å². The van der Waals surface area contributed by atoms with Gasteiger partial charge in [0.05, 0.1) is 39.8 Å². The molecular formula is C51H59F8N7O9S2. The van der Waals surface area contributed by atoms with E-state index in [1.54, 1.807) is 27.7 Å². The zero-order valence-electron chi connectivity index (χ0n) is 42.6. The first-order valence-corrected chi connectivity index (χ1v) is 26.8. The number of alkyl halides is 6. The molecule has 4 aromatic carbocycles. The van der Waals surface area contributed by atoms with Gasteiger partial charge in [0.2, 0.25) is 17.7 Å². The van der Waals surface area contributed by atoms with Crippen LogP contribution < -0.4 is 25.4 Å². The summed E-state index contributed by atoms with van der Waals surface area (Å²) in [6.45, 7) is 7.75. The molecule has 0 aliphatic carbocycles. The number of benzene rings is 4. The Hall–Kier alpha value is -6.06. The Balaban J connectivity index is 0.000000250. The van der Waals surface area contributed by atoms with Gasteiger partial charge in [-0.1, -0.05) is 24.3 Å². The Morgan fingerprint density at radius 2 is 1.06 bits per heavy atom. The molecule has 0 saturated carbocycles. The molecule has 0 radical (unpaired) electrons. The Morgan fingerprint density at radius 1 is 0.649 bits per heavy atom. The fraction of sp³-hybridized carbons (Fsp3) is 0.451. The van der Waals surface area contributed by atoms with Crippen LogP contribution in [0, 0.1) is 11.6 Å². The average Bonchev–Trinajstić information content (AvgIpc) is 3.74. The van der Waals surface area contributed by atoms with Gasteiger partial charge in [-0.15, -0.1) is 10.2 Å². The Kier molecular flexibility index (Phi) is 17.2. The summed E-state index contributed by atoms with van der Waals surface area (Å²) in [5, 5.41) is 30.7. The number of aliphatic hydroxyl groups is 2. The number of nitrogens with zero attached hydrogens (tertiary/aromatic N) is 4. The van der Waals surface area contributed by atoms with Crippen LogP contribution in [0.2, 0.25) is 0 Å². The number of aromatic nitrogens is 2. The van der Waals surface area contributed by atoms with Gasteiger partial charge in [-0.05, 0) is 150 Å². The minimum atomic E-state index is -4.98. The molecule has 3 heterocycles. The van der Waals surface area contributed by atoms with E-state index >= 15 is 0 Å². The Morgan fingerprint density at radius 3 is 1.48 bits per heavy atom. The fourth-order valence-corrected chi connectivity index (χ4v) is 12.1. The summed E-state index contributed by atoms with van der Waals surface area (Å²) in [7, 11) is -8.68. The largest absolute Gasteiger partial charge is 0.425 e. The molecule has 5 aromatic rings. The number of nitrogens with two attached hydrogens (primary N) is 2. The number of aryl methyl sites for hydroxylation is 2. The lowest BCUT2D eigenvalue weighted by Gasteiger charge is -2.38. The summed E-state index contributed by atoms with van der Waals surface area (Å²) >= 11 is 0. The van der Waals surface area contributed by atoms with E-state index in [2.05, 4.69) is 15.5 Å². The first-order chi connectivity index (χ1) is 35.3. The first-order valence-electron chi connectivity index (χ1n) is 23.9. The molecule has 26 heteroatoms. The van der Waals surface area contributed by atoms with E-state index in [1.165, 1.54) is 12.1 Å². The number of fused-ring (bicyclic) bond motifs is 2. The van der Waals surface area contributed by atoms with Crippen molar-refractivity contribution in [3.05, 3.63) is 131 Å². The minimum absolute atomic E-state index is 0.0277. The van der Waals surface area contributed by atoms with E-state index in [0.29, 0.717) is 25.8 Å². The molecule has 7 rings (SSSR count). The van der Waals surface area contributed by atoms with E-state index in [0.717, 1.165) is 81.4 Å². The summed E-state index contributed by atoms with van der Waals surface area (Å²) in [6.07, 6.45) is -9.29. The van der Waals surface area contributed by atoms with Crippen molar-refractivity contribution in [3.63, 3.8) is 0 Å². The first kappa shape index (κ1) is 60.2. The number of sulfonamides is 2. The highest BCUT2D eigenvalue weighted by Crippen LogP contribution is 2.45. The summed E-state index contributed by atoms with van der Waals surface area (Å²) in [4.78, 5) is 24.4. The minimum Gasteiger partial charge on any atom is -0.425 e. The average molecular weight is 1130 g/mol. The van der Waals surface area contributed by atoms with Crippen LogP contribution >= 0.6 is 0 Å². The van der Waals surface area contributed by atoms with E-state index in [-0.39, 0.29) is 90.0 Å². The van der Waals surface area contributed by atoms with Crippen LogP contribution in [0.15, 0.2) is 99.1 Å². The number of carbonyl (C=O) groups is 2. The SMILES string of the molecule is CC(C)(N)CC(=O)NCC(=O)C[C@@H]1CCc2cc(C(C)(O)C(F)(F)F)ccc2N1S(=O)(=O)c1ccc(F)cc1.CC(C)(N)Cc1nnc(C[C@@H]2CCc3cc(C(C)(O)C(F)(F)F)ccc3N2S(=O)(=O)c2ccc(F)cc2)o1. The highest BCUT2D eigenvalue weighted by Gasteiger charge is 2.53. The molecule has 4 atom stereocenters. The molecule has 0 spiro atoms. The van der Waals surface area contributed by atoms with Gasteiger partial charge in [-0.3, -0.25) is 18.2 Å². The molecule has 16 nitrogen and oxygen atoms in total. The van der Waals surface area contributed by atoms with Crippen LogP contribution in [0.1, 0.15) is 101 Å². The number of amides is 1. The second-order valence-electron chi connectivity index (χ2n) is 20.9. The predicted octanol–water partition coefficient (Wildman–Crippen LogP) is 7.32. The van der Waals surface area contributed by atoms with Gasteiger partial charge in [-0.25, -0.2) is 25.6 Å². The smallest absolute Gasteiger partial charge is 0.421 e. The standard InChI is InChI=1S/C26H31F4N3O5S.C25H28F4N4O4S/c1-24(2,31)14-23(35)32-15-20(34)13-19-8-4-16-12-17(25(3,36)26(28,29)30)5-11-22(16)33(19)39(37,38)21-9-6-18(27)7-10-21;1-23(2,30)14-22-32-31-21(37-22)13-18-8-4-15-12-16(24(3,34)25(27,28)29)5-11-20(15)33(18)38(35,36)19-9-6-17(26)7-10-19/h5-7,9-12,19,36H,4,8,13-15,31H2,1-3H3,(H,32,35);5-7,9-12,18,34H,4,8,13-14,30H2,1-3H3/t19-,25?;18-,24?/m00/s1. The highest BCUT2D eigenvalue weighted by atomic mass is 32.2. The summed E-state index contributed by atoms with van der Waals surface area (Å²) in [6, 6.07) is 13.3. The van der Waals surface area contributed by atoms with Crippen molar-refractivity contribution in [2.24, 2.45) is 11.5 Å². The third-order valence-electron chi connectivity index (χ3n) is 12.8. The van der Waals surface area contributed by atoms with Crippen molar-refractivity contribution in [1.29, 1.82) is 0 Å². The zero-order valence-corrected chi connectivity index (χ0v) is 44.3. The van der Waals surface area contributed by atoms with Gasteiger partial charge in [0.15, 0.2) is 17.0 Å². The Bertz CT molecular complexity index is 3180. The third-order valence-corrected chi connectivity index (χ3v) is 16.6. The molecular weight excluding hydrogens is 1070 g/mol. The lowest BCUT2D eigenvalue weighted by atomic mass is 9.89. The van der Waals surface area contributed by atoms with Crippen molar-refractivity contribution in [3.8, 4) is 0 Å². The maximum absolute atomic E-state index is 13.8. The van der Waals surface area contributed by atoms with Crippen LogP contribution in [0.5, 0.6) is 0 Å². The van der Waals surface area contributed by atoms with Crippen LogP contribution in [0.25, 0.3) is 0 Å². The number of carbonyl (C=O) groups excluding carboxylic acids is 2. The van der Waals surface area contributed by atoms with Crippen LogP contribution in [-0.4, -0.2) is 91.0 Å². The Labute approximate surface area is 439 Å². The summed E-state index contributed by atoms with van der Waals surface area (Å²) in [5.74, 6) is -1.76. The molecule has 2 aliphatic heterocycles.